The fourth-order valence-corrected chi connectivity index (χ4v) is 1.59. The number of hydrogen-bond acceptors (Lipinski definition) is 4. The molecule has 5 heteroatoms. The fourth-order valence-electron chi connectivity index (χ4n) is 1.59. The van der Waals surface area contributed by atoms with Crippen molar-refractivity contribution < 1.29 is 4.74 Å². The molecular formula is C11H22N4O. The summed E-state index contributed by atoms with van der Waals surface area (Å²) in [6.07, 6.45) is 5.77. The van der Waals surface area contributed by atoms with Crippen LogP contribution in [0.25, 0.3) is 0 Å². The van der Waals surface area contributed by atoms with E-state index in [1.54, 1.807) is 13.4 Å². The van der Waals surface area contributed by atoms with E-state index in [-0.39, 0.29) is 0 Å². The molecule has 1 aromatic rings. The van der Waals surface area contributed by atoms with E-state index in [2.05, 4.69) is 17.2 Å². The summed E-state index contributed by atoms with van der Waals surface area (Å²) >= 11 is 0. The molecule has 0 spiro atoms. The van der Waals surface area contributed by atoms with Crippen LogP contribution >= 0.6 is 0 Å². The minimum absolute atomic E-state index is 0.456. The van der Waals surface area contributed by atoms with Crippen LogP contribution in [-0.2, 0) is 11.3 Å². The second-order valence-electron chi connectivity index (χ2n) is 3.90. The fraction of sp³-hybridized carbons (Fsp3) is 0.727. The molecule has 0 radical (unpaired) electrons. The summed E-state index contributed by atoms with van der Waals surface area (Å²) in [5, 5.41) is 3.46. The Kier molecular flexibility index (Phi) is 5.88. The van der Waals surface area contributed by atoms with Crippen molar-refractivity contribution >= 4 is 5.82 Å². The van der Waals surface area contributed by atoms with Gasteiger partial charge in [0.2, 0.25) is 0 Å². The van der Waals surface area contributed by atoms with Gasteiger partial charge < -0.3 is 20.4 Å². The second kappa shape index (κ2) is 7.24. The monoisotopic (exact) mass is 226 g/mol. The highest BCUT2D eigenvalue weighted by Crippen LogP contribution is 1.98. The summed E-state index contributed by atoms with van der Waals surface area (Å²) in [6, 6.07) is 0.456. The van der Waals surface area contributed by atoms with E-state index < -0.39 is 0 Å². The van der Waals surface area contributed by atoms with Crippen LogP contribution in [0.15, 0.2) is 12.5 Å². The highest BCUT2D eigenvalue weighted by atomic mass is 16.5. The van der Waals surface area contributed by atoms with Crippen molar-refractivity contribution in [1.29, 1.82) is 0 Å². The van der Waals surface area contributed by atoms with Crippen molar-refractivity contribution in [3.8, 4) is 0 Å². The Balaban J connectivity index is 2.11. The standard InChI is InChI=1S/C11H22N4O/c1-3-10(8-16-2)13-5-4-6-15-7-11(12)14-9-15/h7,9-10,13H,3-6,8,12H2,1-2H3. The number of nitrogens with two attached hydrogens (primary N) is 1. The lowest BCUT2D eigenvalue weighted by Crippen LogP contribution is -2.33. The SMILES string of the molecule is CCC(COC)NCCCn1cnc(N)c1. The van der Waals surface area contributed by atoms with Crippen molar-refractivity contribution in [2.75, 3.05) is 26.0 Å². The Morgan fingerprint density at radius 2 is 2.44 bits per heavy atom. The van der Waals surface area contributed by atoms with Crippen LogP contribution in [-0.4, -0.2) is 35.9 Å². The molecule has 0 aliphatic rings. The Bertz CT molecular complexity index is 287. The third-order valence-electron chi connectivity index (χ3n) is 2.54. The number of nitrogens with zero attached hydrogens (tertiary/aromatic N) is 2. The maximum atomic E-state index is 5.53. The zero-order chi connectivity index (χ0) is 11.8. The predicted octanol–water partition coefficient (Wildman–Crippen LogP) is 0.870. The Morgan fingerprint density at radius 1 is 1.62 bits per heavy atom. The Hall–Kier alpha value is -1.07. The van der Waals surface area contributed by atoms with Crippen LogP contribution in [0.5, 0.6) is 0 Å². The van der Waals surface area contributed by atoms with Crippen LogP contribution in [0.4, 0.5) is 5.82 Å². The quantitative estimate of drug-likeness (QED) is 0.646. The number of ether oxygens (including phenoxy) is 1. The van der Waals surface area contributed by atoms with Crippen molar-refractivity contribution in [3.63, 3.8) is 0 Å². The lowest BCUT2D eigenvalue weighted by Gasteiger charge is -2.15. The number of nitrogen functional groups attached to an aromatic ring is 1. The molecule has 16 heavy (non-hydrogen) atoms. The van der Waals surface area contributed by atoms with Gasteiger partial charge in [0.05, 0.1) is 12.9 Å². The van der Waals surface area contributed by atoms with Gasteiger partial charge in [-0.3, -0.25) is 0 Å². The first-order chi connectivity index (χ1) is 7.76. The van der Waals surface area contributed by atoms with Crippen molar-refractivity contribution in [2.45, 2.75) is 32.4 Å². The van der Waals surface area contributed by atoms with E-state index in [1.807, 2.05) is 10.8 Å². The van der Waals surface area contributed by atoms with E-state index in [9.17, 15) is 0 Å². The molecule has 1 heterocycles. The molecule has 0 saturated carbocycles. The molecule has 92 valence electrons. The largest absolute Gasteiger partial charge is 0.383 e. The van der Waals surface area contributed by atoms with Gasteiger partial charge in [-0.25, -0.2) is 4.98 Å². The van der Waals surface area contributed by atoms with Gasteiger partial charge in [-0.1, -0.05) is 6.92 Å². The third kappa shape index (κ3) is 4.63. The lowest BCUT2D eigenvalue weighted by atomic mass is 10.2. The molecule has 1 rings (SSSR count). The van der Waals surface area contributed by atoms with Crippen LogP contribution in [0.3, 0.4) is 0 Å². The van der Waals surface area contributed by atoms with Gasteiger partial charge in [0.25, 0.3) is 0 Å². The van der Waals surface area contributed by atoms with Crippen LogP contribution in [0.2, 0.25) is 0 Å². The number of methoxy groups -OCH3 is 1. The van der Waals surface area contributed by atoms with Gasteiger partial charge in [-0.15, -0.1) is 0 Å². The van der Waals surface area contributed by atoms with Crippen LogP contribution < -0.4 is 11.1 Å². The van der Waals surface area contributed by atoms with E-state index in [0.717, 1.165) is 32.5 Å². The van der Waals surface area contributed by atoms with Gasteiger partial charge in [-0.2, -0.15) is 0 Å². The number of hydrogen-bond donors (Lipinski definition) is 2. The number of aromatic nitrogens is 2. The molecule has 0 fully saturated rings. The maximum absolute atomic E-state index is 5.53. The Labute approximate surface area is 97.0 Å². The van der Waals surface area contributed by atoms with Crippen LogP contribution in [0, 0.1) is 0 Å². The summed E-state index contributed by atoms with van der Waals surface area (Å²) in [6.45, 7) is 4.86. The van der Waals surface area contributed by atoms with E-state index in [0.29, 0.717) is 11.9 Å². The number of nitrogens with one attached hydrogen (secondary N) is 1. The number of anilines is 1. The number of rotatable bonds is 8. The maximum Gasteiger partial charge on any atom is 0.141 e. The summed E-state index contributed by atoms with van der Waals surface area (Å²) in [5.74, 6) is 0.582. The van der Waals surface area contributed by atoms with Crippen molar-refractivity contribution in [2.24, 2.45) is 0 Å². The average molecular weight is 226 g/mol. The molecule has 1 aromatic heterocycles. The van der Waals surface area contributed by atoms with E-state index in [1.165, 1.54) is 0 Å². The van der Waals surface area contributed by atoms with Crippen molar-refractivity contribution in [1.82, 2.24) is 14.9 Å². The zero-order valence-corrected chi connectivity index (χ0v) is 10.1. The van der Waals surface area contributed by atoms with Crippen LogP contribution in [0.1, 0.15) is 19.8 Å². The predicted molar refractivity (Wildman–Crippen MR) is 65.2 cm³/mol. The smallest absolute Gasteiger partial charge is 0.141 e. The average Bonchev–Trinajstić information content (AvgIpc) is 2.69. The molecule has 0 amide bonds. The lowest BCUT2D eigenvalue weighted by molar-refractivity contribution is 0.164. The highest BCUT2D eigenvalue weighted by molar-refractivity contribution is 5.22. The molecule has 3 N–H and O–H groups in total. The summed E-state index contributed by atoms with van der Waals surface area (Å²) in [4.78, 5) is 3.98. The third-order valence-corrected chi connectivity index (χ3v) is 2.54. The highest BCUT2D eigenvalue weighted by Gasteiger charge is 2.03. The summed E-state index contributed by atoms with van der Waals surface area (Å²) < 4.78 is 7.13. The Morgan fingerprint density at radius 3 is 3.00 bits per heavy atom. The van der Waals surface area contributed by atoms with Gasteiger partial charge in [0, 0.05) is 25.9 Å². The molecule has 0 aromatic carbocycles. The molecule has 0 aliphatic carbocycles. The molecule has 1 atom stereocenters. The molecule has 0 aliphatic heterocycles. The molecule has 0 bridgehead atoms. The van der Waals surface area contributed by atoms with Gasteiger partial charge in [0.1, 0.15) is 5.82 Å². The van der Waals surface area contributed by atoms with Gasteiger partial charge in [-0.05, 0) is 19.4 Å². The summed E-state index contributed by atoms with van der Waals surface area (Å²) in [5.41, 5.74) is 5.53. The van der Waals surface area contributed by atoms with Crippen molar-refractivity contribution in [3.05, 3.63) is 12.5 Å². The second-order valence-corrected chi connectivity index (χ2v) is 3.90. The topological polar surface area (TPSA) is 65.1 Å². The first-order valence-corrected chi connectivity index (χ1v) is 5.75. The zero-order valence-electron chi connectivity index (χ0n) is 10.1. The molecule has 0 saturated heterocycles. The first kappa shape index (κ1) is 13.0. The summed E-state index contributed by atoms with van der Waals surface area (Å²) in [7, 11) is 1.73. The molecular weight excluding hydrogens is 204 g/mol. The minimum Gasteiger partial charge on any atom is -0.383 e. The minimum atomic E-state index is 0.456. The van der Waals surface area contributed by atoms with E-state index in [4.69, 9.17) is 10.5 Å². The number of aryl methyl sites for hydroxylation is 1. The first-order valence-electron chi connectivity index (χ1n) is 5.75. The molecule has 5 nitrogen and oxygen atoms in total. The van der Waals surface area contributed by atoms with Gasteiger partial charge in [0.15, 0.2) is 0 Å². The number of imidazole rings is 1. The van der Waals surface area contributed by atoms with E-state index >= 15 is 0 Å². The van der Waals surface area contributed by atoms with Gasteiger partial charge >= 0.3 is 0 Å². The molecule has 1 unspecified atom stereocenters. The normalized spacial score (nSPS) is 12.9.